The lowest BCUT2D eigenvalue weighted by Gasteiger charge is -2.34. The lowest BCUT2D eigenvalue weighted by Crippen LogP contribution is -2.38. The van der Waals surface area contributed by atoms with Gasteiger partial charge in [0.2, 0.25) is 0 Å². The van der Waals surface area contributed by atoms with E-state index in [0.717, 1.165) is 36.0 Å². The summed E-state index contributed by atoms with van der Waals surface area (Å²) < 4.78 is 8.17. The van der Waals surface area contributed by atoms with E-state index in [-0.39, 0.29) is 6.04 Å². The van der Waals surface area contributed by atoms with Crippen molar-refractivity contribution in [2.24, 2.45) is 0 Å². The van der Waals surface area contributed by atoms with Crippen LogP contribution in [0.25, 0.3) is 0 Å². The molecule has 0 spiro atoms. The summed E-state index contributed by atoms with van der Waals surface area (Å²) in [7, 11) is 0. The molecule has 4 heterocycles. The predicted octanol–water partition coefficient (Wildman–Crippen LogP) is 2.82. The molecule has 0 N–H and O–H groups in total. The number of fused-ring (bicyclic) bond motifs is 1. The van der Waals surface area contributed by atoms with Crippen LogP contribution in [0, 0.1) is 6.92 Å². The van der Waals surface area contributed by atoms with Gasteiger partial charge in [0.05, 0.1) is 47.7 Å². The average molecular weight is 355 g/mol. The zero-order valence-corrected chi connectivity index (χ0v) is 15.0. The van der Waals surface area contributed by atoms with Gasteiger partial charge in [0.15, 0.2) is 0 Å². The molecule has 130 valence electrons. The molecule has 4 rings (SSSR count). The van der Waals surface area contributed by atoms with Crippen LogP contribution in [0.5, 0.6) is 0 Å². The van der Waals surface area contributed by atoms with E-state index in [4.69, 9.17) is 4.74 Å². The van der Waals surface area contributed by atoms with Gasteiger partial charge in [0, 0.05) is 37.4 Å². The second-order valence-corrected chi connectivity index (χ2v) is 7.37. The first-order valence-corrected chi connectivity index (χ1v) is 9.27. The third-order valence-electron chi connectivity index (χ3n) is 4.33. The Morgan fingerprint density at radius 1 is 1.32 bits per heavy atom. The highest BCUT2D eigenvalue weighted by Gasteiger charge is 2.25. The molecule has 0 aromatic carbocycles. The first-order chi connectivity index (χ1) is 12.3. The highest BCUT2D eigenvalue weighted by atomic mass is 32.1. The van der Waals surface area contributed by atoms with Crippen molar-refractivity contribution in [2.75, 3.05) is 13.2 Å². The molecular weight excluding hydrogens is 334 g/mol. The van der Waals surface area contributed by atoms with E-state index in [9.17, 15) is 0 Å². The van der Waals surface area contributed by atoms with Gasteiger partial charge in [-0.05, 0) is 19.1 Å². The monoisotopic (exact) mass is 355 g/mol. The number of pyridine rings is 1. The lowest BCUT2D eigenvalue weighted by molar-refractivity contribution is 0.0570. The van der Waals surface area contributed by atoms with Crippen LogP contribution in [0.1, 0.15) is 28.1 Å². The summed E-state index contributed by atoms with van der Waals surface area (Å²) in [6, 6.07) is 6.15. The maximum absolute atomic E-state index is 5.94. The molecule has 3 aromatic heterocycles. The summed E-state index contributed by atoms with van der Waals surface area (Å²) in [6.07, 6.45) is 5.66. The normalized spacial score (nSPS) is 17.6. The molecule has 25 heavy (non-hydrogen) atoms. The van der Waals surface area contributed by atoms with Crippen molar-refractivity contribution in [1.29, 1.82) is 0 Å². The van der Waals surface area contributed by atoms with E-state index in [1.165, 1.54) is 5.69 Å². The first kappa shape index (κ1) is 16.4. The van der Waals surface area contributed by atoms with Crippen molar-refractivity contribution in [3.63, 3.8) is 0 Å². The Kier molecular flexibility index (Phi) is 4.87. The highest BCUT2D eigenvalue weighted by molar-refractivity contribution is 7.09. The van der Waals surface area contributed by atoms with Gasteiger partial charge in [0.1, 0.15) is 0 Å². The quantitative estimate of drug-likeness (QED) is 0.680. The minimum atomic E-state index is 0.259. The SMILES string of the molecule is Cc1nc(CN2Cc3cncn3[C@H](COCc3ccccn3)C2)cs1. The Morgan fingerprint density at radius 2 is 2.28 bits per heavy atom. The minimum Gasteiger partial charge on any atom is -0.373 e. The molecule has 0 aliphatic carbocycles. The Morgan fingerprint density at radius 3 is 3.08 bits per heavy atom. The van der Waals surface area contributed by atoms with Gasteiger partial charge in [-0.15, -0.1) is 11.3 Å². The number of rotatable bonds is 6. The van der Waals surface area contributed by atoms with Gasteiger partial charge in [-0.2, -0.15) is 0 Å². The largest absolute Gasteiger partial charge is 0.373 e. The number of thiazole rings is 1. The van der Waals surface area contributed by atoms with Crippen molar-refractivity contribution >= 4 is 11.3 Å². The Labute approximate surface area is 151 Å². The van der Waals surface area contributed by atoms with Gasteiger partial charge < -0.3 is 9.30 Å². The van der Waals surface area contributed by atoms with Crippen molar-refractivity contribution < 1.29 is 4.74 Å². The molecule has 0 unspecified atom stereocenters. The number of hydrogen-bond donors (Lipinski definition) is 0. The maximum atomic E-state index is 5.94. The molecule has 3 aromatic rings. The molecule has 0 amide bonds. The summed E-state index contributed by atoms with van der Waals surface area (Å²) in [4.78, 5) is 15.6. The molecule has 6 nitrogen and oxygen atoms in total. The highest BCUT2D eigenvalue weighted by Crippen LogP contribution is 2.23. The molecule has 0 bridgehead atoms. The summed E-state index contributed by atoms with van der Waals surface area (Å²) in [5, 5.41) is 3.26. The van der Waals surface area contributed by atoms with Crippen LogP contribution in [0.2, 0.25) is 0 Å². The number of imidazole rings is 1. The topological polar surface area (TPSA) is 56.1 Å². The summed E-state index contributed by atoms with van der Waals surface area (Å²) in [5.41, 5.74) is 3.33. The van der Waals surface area contributed by atoms with E-state index in [2.05, 4.69) is 29.8 Å². The van der Waals surface area contributed by atoms with Gasteiger partial charge in [-0.25, -0.2) is 9.97 Å². The van der Waals surface area contributed by atoms with Crippen LogP contribution < -0.4 is 0 Å². The Bertz CT molecular complexity index is 816. The second kappa shape index (κ2) is 7.43. The standard InChI is InChI=1S/C18H21N5OS/c1-14-21-16(12-25-14)7-22-8-17-6-19-13-23(17)18(9-22)11-24-10-15-4-2-3-5-20-15/h2-6,12-13,18H,7-11H2,1H3/t18-/m0/s1. The number of ether oxygens (including phenoxy) is 1. The Hall–Kier alpha value is -2.09. The number of nitrogens with zero attached hydrogens (tertiary/aromatic N) is 5. The molecular formula is C18H21N5OS. The van der Waals surface area contributed by atoms with Crippen molar-refractivity contribution in [2.45, 2.75) is 32.7 Å². The molecule has 0 saturated carbocycles. The minimum absolute atomic E-state index is 0.259. The van der Waals surface area contributed by atoms with Crippen molar-refractivity contribution in [1.82, 2.24) is 24.4 Å². The smallest absolute Gasteiger partial charge is 0.0952 e. The zero-order chi connectivity index (χ0) is 17.1. The van der Waals surface area contributed by atoms with Gasteiger partial charge in [-0.1, -0.05) is 6.07 Å². The maximum Gasteiger partial charge on any atom is 0.0952 e. The molecule has 7 heteroatoms. The van der Waals surface area contributed by atoms with E-state index < -0.39 is 0 Å². The second-order valence-electron chi connectivity index (χ2n) is 6.31. The molecule has 1 aliphatic rings. The molecule has 0 fully saturated rings. The molecule has 1 atom stereocenters. The summed E-state index contributed by atoms with van der Waals surface area (Å²) in [5.74, 6) is 0. The van der Waals surface area contributed by atoms with Gasteiger partial charge in [0.25, 0.3) is 0 Å². The Balaban J connectivity index is 1.40. The van der Waals surface area contributed by atoms with Crippen LogP contribution in [-0.2, 0) is 24.4 Å². The third-order valence-corrected chi connectivity index (χ3v) is 5.16. The van der Waals surface area contributed by atoms with Crippen LogP contribution >= 0.6 is 11.3 Å². The molecule has 1 aliphatic heterocycles. The van der Waals surface area contributed by atoms with Crippen molar-refractivity contribution in [3.05, 3.63) is 64.4 Å². The van der Waals surface area contributed by atoms with E-state index in [0.29, 0.717) is 13.2 Å². The van der Waals surface area contributed by atoms with Gasteiger partial charge >= 0.3 is 0 Å². The fourth-order valence-electron chi connectivity index (χ4n) is 3.21. The first-order valence-electron chi connectivity index (χ1n) is 8.39. The van der Waals surface area contributed by atoms with Crippen LogP contribution in [0.15, 0.2) is 42.3 Å². The number of aryl methyl sites for hydroxylation is 1. The van der Waals surface area contributed by atoms with Crippen molar-refractivity contribution in [3.8, 4) is 0 Å². The molecule has 0 saturated heterocycles. The van der Waals surface area contributed by atoms with Crippen LogP contribution in [0.3, 0.4) is 0 Å². The fourth-order valence-corrected chi connectivity index (χ4v) is 3.81. The van der Waals surface area contributed by atoms with E-state index >= 15 is 0 Å². The van der Waals surface area contributed by atoms with Crippen LogP contribution in [-0.4, -0.2) is 37.6 Å². The lowest BCUT2D eigenvalue weighted by atomic mass is 10.2. The number of aromatic nitrogens is 4. The van der Waals surface area contributed by atoms with Gasteiger partial charge in [-0.3, -0.25) is 9.88 Å². The molecule has 0 radical (unpaired) electrons. The van der Waals surface area contributed by atoms with E-state index in [1.807, 2.05) is 37.6 Å². The number of hydrogen-bond acceptors (Lipinski definition) is 6. The summed E-state index contributed by atoms with van der Waals surface area (Å²) in [6.45, 7) is 5.93. The zero-order valence-electron chi connectivity index (χ0n) is 14.2. The predicted molar refractivity (Wildman–Crippen MR) is 96.1 cm³/mol. The summed E-state index contributed by atoms with van der Waals surface area (Å²) >= 11 is 1.71. The van der Waals surface area contributed by atoms with E-state index in [1.54, 1.807) is 17.5 Å². The van der Waals surface area contributed by atoms with Crippen LogP contribution in [0.4, 0.5) is 0 Å². The average Bonchev–Trinajstić information content (AvgIpc) is 3.25. The third kappa shape index (κ3) is 3.95. The fraction of sp³-hybridized carbons (Fsp3) is 0.389.